The van der Waals surface area contributed by atoms with E-state index in [4.69, 9.17) is 9.84 Å². The summed E-state index contributed by atoms with van der Waals surface area (Å²) in [4.78, 5) is 11.2. The van der Waals surface area contributed by atoms with Crippen LogP contribution in [0.4, 0.5) is 18.0 Å². The van der Waals surface area contributed by atoms with E-state index in [-0.39, 0.29) is 0 Å². The van der Waals surface area contributed by atoms with E-state index in [2.05, 4.69) is 5.32 Å². The van der Waals surface area contributed by atoms with E-state index in [1.54, 1.807) is 20.8 Å². The van der Waals surface area contributed by atoms with Crippen LogP contribution in [0.3, 0.4) is 0 Å². The van der Waals surface area contributed by atoms with E-state index < -0.39 is 42.4 Å². The molecule has 0 saturated heterocycles. The van der Waals surface area contributed by atoms with Crippen molar-refractivity contribution in [3.05, 3.63) is 0 Å². The van der Waals surface area contributed by atoms with Crippen LogP contribution in [0, 0.1) is 0 Å². The second-order valence-corrected chi connectivity index (χ2v) is 5.28. The van der Waals surface area contributed by atoms with Gasteiger partial charge < -0.3 is 15.2 Å². The van der Waals surface area contributed by atoms with Crippen molar-refractivity contribution in [2.24, 2.45) is 0 Å². The minimum absolute atomic E-state index is 0.532. The summed E-state index contributed by atoms with van der Waals surface area (Å²) in [5, 5.41) is 11.4. The fraction of sp³-hybridized carbons (Fsp3) is 0.900. The van der Waals surface area contributed by atoms with E-state index in [0.29, 0.717) is 0 Å². The van der Waals surface area contributed by atoms with Gasteiger partial charge in [0.15, 0.2) is 5.60 Å². The van der Waals surface area contributed by atoms with Gasteiger partial charge >= 0.3 is 12.3 Å². The predicted octanol–water partition coefficient (Wildman–Crippen LogP) is 1.97. The molecule has 0 aliphatic heterocycles. The summed E-state index contributed by atoms with van der Waals surface area (Å²) in [5.74, 6) is 0. The Labute approximate surface area is 97.1 Å². The van der Waals surface area contributed by atoms with Crippen LogP contribution in [0.5, 0.6) is 0 Å². The Morgan fingerprint density at radius 2 is 1.82 bits per heavy atom. The van der Waals surface area contributed by atoms with Gasteiger partial charge in [-0.1, -0.05) is 0 Å². The molecule has 0 bridgehead atoms. The summed E-state index contributed by atoms with van der Waals surface area (Å²) in [6.45, 7) is 4.96. The quantitative estimate of drug-likeness (QED) is 0.753. The summed E-state index contributed by atoms with van der Waals surface area (Å²) >= 11 is 0. The van der Waals surface area contributed by atoms with Crippen LogP contribution in [0.25, 0.3) is 0 Å². The van der Waals surface area contributed by atoms with Crippen molar-refractivity contribution in [2.45, 2.75) is 57.0 Å². The Hall–Kier alpha value is -0.980. The van der Waals surface area contributed by atoms with Crippen LogP contribution in [-0.2, 0) is 4.74 Å². The van der Waals surface area contributed by atoms with E-state index >= 15 is 0 Å². The minimum atomic E-state index is -4.65. The summed E-state index contributed by atoms with van der Waals surface area (Å²) in [6.07, 6.45) is -6.49. The third kappa shape index (κ3) is 3.49. The Morgan fingerprint density at radius 1 is 1.35 bits per heavy atom. The lowest BCUT2D eigenvalue weighted by atomic mass is 9.75. The average Bonchev–Trinajstić information content (AvgIpc) is 1.94. The van der Waals surface area contributed by atoms with E-state index in [0.717, 1.165) is 0 Å². The third-order valence-corrected chi connectivity index (χ3v) is 2.42. The van der Waals surface area contributed by atoms with Crippen molar-refractivity contribution in [1.82, 2.24) is 5.32 Å². The molecule has 1 fully saturated rings. The second kappa shape index (κ2) is 4.04. The van der Waals surface area contributed by atoms with Gasteiger partial charge in [-0.25, -0.2) is 4.79 Å². The number of ether oxygens (including phenoxy) is 1. The van der Waals surface area contributed by atoms with E-state index in [1.165, 1.54) is 0 Å². The maximum absolute atomic E-state index is 12.3. The first-order valence-electron chi connectivity index (χ1n) is 5.22. The number of halogens is 3. The second-order valence-electron chi connectivity index (χ2n) is 5.28. The van der Waals surface area contributed by atoms with Gasteiger partial charge in [-0.15, -0.1) is 0 Å². The topological polar surface area (TPSA) is 58.6 Å². The minimum Gasteiger partial charge on any atom is -0.444 e. The van der Waals surface area contributed by atoms with Crippen molar-refractivity contribution in [2.75, 3.05) is 0 Å². The van der Waals surface area contributed by atoms with Crippen molar-refractivity contribution in [3.63, 3.8) is 0 Å². The van der Waals surface area contributed by atoms with Crippen LogP contribution in [0.15, 0.2) is 0 Å². The number of rotatable bonds is 1. The fourth-order valence-corrected chi connectivity index (χ4v) is 1.56. The molecule has 4 nitrogen and oxygen atoms in total. The molecular formula is C10H16F3NO3. The smallest absolute Gasteiger partial charge is 0.417 e. The standard InChI is InChI=1S/C10H16F3NO3/c1-8(2,3)17-7(15)14-6-4-9(16,5-6)10(11,12)13/h6,16H,4-5H2,1-3H3,(H,14,15). The van der Waals surface area contributed by atoms with Gasteiger partial charge in [0.05, 0.1) is 0 Å². The van der Waals surface area contributed by atoms with Crippen molar-refractivity contribution in [3.8, 4) is 0 Å². The molecule has 17 heavy (non-hydrogen) atoms. The van der Waals surface area contributed by atoms with Gasteiger partial charge in [0, 0.05) is 18.9 Å². The average molecular weight is 255 g/mol. The van der Waals surface area contributed by atoms with E-state index in [9.17, 15) is 18.0 Å². The van der Waals surface area contributed by atoms with Gasteiger partial charge in [-0.2, -0.15) is 13.2 Å². The lowest BCUT2D eigenvalue weighted by molar-refractivity contribution is -0.291. The largest absolute Gasteiger partial charge is 0.444 e. The number of carbonyl (C=O) groups is 1. The molecule has 0 radical (unpaired) electrons. The molecule has 1 aliphatic carbocycles. The molecular weight excluding hydrogens is 239 g/mol. The highest BCUT2D eigenvalue weighted by molar-refractivity contribution is 5.68. The van der Waals surface area contributed by atoms with Crippen LogP contribution in [-0.4, -0.2) is 34.6 Å². The third-order valence-electron chi connectivity index (χ3n) is 2.42. The first-order chi connectivity index (χ1) is 7.43. The number of alkyl halides is 3. The molecule has 1 aliphatic rings. The molecule has 0 aromatic carbocycles. The zero-order valence-corrected chi connectivity index (χ0v) is 9.89. The molecule has 100 valence electrons. The predicted molar refractivity (Wildman–Crippen MR) is 53.4 cm³/mol. The zero-order valence-electron chi connectivity index (χ0n) is 9.89. The van der Waals surface area contributed by atoms with Crippen molar-refractivity contribution >= 4 is 6.09 Å². The molecule has 0 aromatic rings. The lowest BCUT2D eigenvalue weighted by Crippen LogP contribution is -2.62. The fourth-order valence-electron chi connectivity index (χ4n) is 1.56. The summed E-state index contributed by atoms with van der Waals surface area (Å²) < 4.78 is 41.7. The zero-order chi connectivity index (χ0) is 13.5. The Bertz CT molecular complexity index is 303. The van der Waals surface area contributed by atoms with Crippen LogP contribution in [0.2, 0.25) is 0 Å². The highest BCUT2D eigenvalue weighted by atomic mass is 19.4. The van der Waals surface area contributed by atoms with Crippen LogP contribution in [0.1, 0.15) is 33.6 Å². The summed E-state index contributed by atoms with van der Waals surface area (Å²) in [5.41, 5.74) is -3.37. The lowest BCUT2D eigenvalue weighted by Gasteiger charge is -2.44. The first kappa shape index (κ1) is 14.1. The summed E-state index contributed by atoms with van der Waals surface area (Å²) in [6, 6.07) is -0.698. The van der Waals surface area contributed by atoms with Crippen LogP contribution < -0.4 is 5.32 Å². The van der Waals surface area contributed by atoms with Crippen molar-refractivity contribution < 1.29 is 27.8 Å². The number of aliphatic hydroxyl groups is 1. The molecule has 0 atom stereocenters. The number of amides is 1. The SMILES string of the molecule is CC(C)(C)OC(=O)NC1CC(O)(C(F)(F)F)C1. The van der Waals surface area contributed by atoms with Gasteiger partial charge in [0.2, 0.25) is 0 Å². The maximum Gasteiger partial charge on any atom is 0.417 e. The monoisotopic (exact) mass is 255 g/mol. The Balaban J connectivity index is 2.38. The highest BCUT2D eigenvalue weighted by Gasteiger charge is 2.61. The molecule has 1 saturated carbocycles. The van der Waals surface area contributed by atoms with Gasteiger partial charge in [0.25, 0.3) is 0 Å². The number of nitrogens with one attached hydrogen (secondary N) is 1. The number of carbonyl (C=O) groups excluding carboxylic acids is 1. The number of hydrogen-bond donors (Lipinski definition) is 2. The molecule has 1 rings (SSSR count). The molecule has 0 spiro atoms. The molecule has 0 aromatic heterocycles. The molecule has 0 unspecified atom stereocenters. The molecule has 0 heterocycles. The Kier molecular flexibility index (Phi) is 3.35. The maximum atomic E-state index is 12.3. The van der Waals surface area contributed by atoms with Crippen LogP contribution >= 0.6 is 0 Å². The van der Waals surface area contributed by atoms with Gasteiger partial charge in [0.1, 0.15) is 5.60 Å². The molecule has 2 N–H and O–H groups in total. The van der Waals surface area contributed by atoms with Crippen molar-refractivity contribution in [1.29, 1.82) is 0 Å². The highest BCUT2D eigenvalue weighted by Crippen LogP contribution is 2.45. The molecule has 7 heteroatoms. The number of hydrogen-bond acceptors (Lipinski definition) is 3. The normalized spacial score (nSPS) is 29.5. The Morgan fingerprint density at radius 3 is 2.18 bits per heavy atom. The summed E-state index contributed by atoms with van der Waals surface area (Å²) in [7, 11) is 0. The number of alkyl carbamates (subject to hydrolysis) is 1. The van der Waals surface area contributed by atoms with Gasteiger partial charge in [-0.05, 0) is 20.8 Å². The first-order valence-corrected chi connectivity index (χ1v) is 5.22. The van der Waals surface area contributed by atoms with E-state index in [1.807, 2.05) is 0 Å². The van der Waals surface area contributed by atoms with Gasteiger partial charge in [-0.3, -0.25) is 0 Å². The molecule has 1 amide bonds.